The van der Waals surface area contributed by atoms with Crippen molar-refractivity contribution in [2.24, 2.45) is 0 Å². The molecule has 0 unspecified atom stereocenters. The lowest BCUT2D eigenvalue weighted by atomic mass is 10.2. The normalized spacial score (nSPS) is 10.2. The maximum absolute atomic E-state index is 11.8. The molecule has 0 saturated heterocycles. The molecule has 0 aliphatic carbocycles. The Bertz CT molecular complexity index is 558. The number of nitrogens with two attached hydrogens (primary N) is 1. The molecule has 1 heterocycles. The predicted octanol–water partition coefficient (Wildman–Crippen LogP) is 2.73. The van der Waals surface area contributed by atoms with Gasteiger partial charge in [-0.3, -0.25) is 4.79 Å². The molecule has 0 radical (unpaired) electrons. The highest BCUT2D eigenvalue weighted by atomic mass is 16.3. The number of amides is 1. The minimum Gasteiger partial charge on any atom is -0.456 e. The second-order valence-electron chi connectivity index (χ2n) is 3.94. The zero-order valence-electron chi connectivity index (χ0n) is 9.78. The van der Waals surface area contributed by atoms with E-state index in [4.69, 9.17) is 10.2 Å². The Balaban J connectivity index is 2.21. The van der Waals surface area contributed by atoms with Crippen LogP contribution >= 0.6 is 0 Å². The molecule has 0 fully saturated rings. The molecular weight excluding hydrogens is 216 g/mol. The summed E-state index contributed by atoms with van der Waals surface area (Å²) >= 11 is 0. The average Bonchev–Trinajstić information content (AvgIpc) is 2.70. The van der Waals surface area contributed by atoms with Crippen LogP contribution in [0.15, 0.2) is 34.7 Å². The van der Waals surface area contributed by atoms with Crippen molar-refractivity contribution < 1.29 is 9.21 Å². The van der Waals surface area contributed by atoms with Crippen molar-refractivity contribution in [3.63, 3.8) is 0 Å². The van der Waals surface area contributed by atoms with Gasteiger partial charge in [0.25, 0.3) is 5.91 Å². The SMILES string of the molecule is Cc1ccc(C(=O)Nc2cc(N)ccc2C)o1. The van der Waals surface area contributed by atoms with E-state index in [0.717, 1.165) is 5.56 Å². The molecule has 1 aromatic heterocycles. The fourth-order valence-electron chi connectivity index (χ4n) is 1.51. The van der Waals surface area contributed by atoms with Crippen LogP contribution < -0.4 is 11.1 Å². The van der Waals surface area contributed by atoms with E-state index in [2.05, 4.69) is 5.32 Å². The summed E-state index contributed by atoms with van der Waals surface area (Å²) in [6.07, 6.45) is 0. The van der Waals surface area contributed by atoms with Gasteiger partial charge in [0.1, 0.15) is 5.76 Å². The van der Waals surface area contributed by atoms with E-state index in [9.17, 15) is 4.79 Å². The van der Waals surface area contributed by atoms with Crippen molar-refractivity contribution in [2.75, 3.05) is 11.1 Å². The van der Waals surface area contributed by atoms with E-state index in [1.165, 1.54) is 0 Å². The first-order chi connectivity index (χ1) is 8.06. The Hall–Kier alpha value is -2.23. The first-order valence-corrected chi connectivity index (χ1v) is 5.30. The molecule has 2 aromatic rings. The number of hydrogen-bond donors (Lipinski definition) is 2. The summed E-state index contributed by atoms with van der Waals surface area (Å²) in [5, 5.41) is 2.77. The highest BCUT2D eigenvalue weighted by Crippen LogP contribution is 2.19. The molecule has 4 nitrogen and oxygen atoms in total. The third kappa shape index (κ3) is 2.47. The van der Waals surface area contributed by atoms with Crippen LogP contribution in [0.5, 0.6) is 0 Å². The minimum absolute atomic E-state index is 0.271. The number of hydrogen-bond acceptors (Lipinski definition) is 3. The Morgan fingerprint density at radius 2 is 2.00 bits per heavy atom. The Morgan fingerprint density at radius 1 is 1.24 bits per heavy atom. The summed E-state index contributed by atoms with van der Waals surface area (Å²) in [6.45, 7) is 3.70. The predicted molar refractivity (Wildman–Crippen MR) is 67.0 cm³/mol. The summed E-state index contributed by atoms with van der Waals surface area (Å²) in [6, 6.07) is 8.77. The molecule has 17 heavy (non-hydrogen) atoms. The Kier molecular flexibility index (Phi) is 2.87. The van der Waals surface area contributed by atoms with Crippen molar-refractivity contribution >= 4 is 17.3 Å². The fraction of sp³-hybridized carbons (Fsp3) is 0.154. The standard InChI is InChI=1S/C13H14N2O2/c1-8-3-5-10(14)7-11(8)15-13(16)12-6-4-9(2)17-12/h3-7H,14H2,1-2H3,(H,15,16). The quantitative estimate of drug-likeness (QED) is 0.779. The van der Waals surface area contributed by atoms with Crippen molar-refractivity contribution in [3.05, 3.63) is 47.4 Å². The van der Waals surface area contributed by atoms with Crippen molar-refractivity contribution in [2.45, 2.75) is 13.8 Å². The molecular formula is C13H14N2O2. The fourth-order valence-corrected chi connectivity index (χ4v) is 1.51. The number of benzene rings is 1. The van der Waals surface area contributed by atoms with Gasteiger partial charge in [-0.2, -0.15) is 0 Å². The van der Waals surface area contributed by atoms with Crippen LogP contribution in [0.2, 0.25) is 0 Å². The van der Waals surface area contributed by atoms with Crippen molar-refractivity contribution in [3.8, 4) is 0 Å². The van der Waals surface area contributed by atoms with E-state index < -0.39 is 0 Å². The maximum atomic E-state index is 11.8. The van der Waals surface area contributed by atoms with Gasteiger partial charge in [-0.25, -0.2) is 0 Å². The number of furan rings is 1. The molecule has 88 valence electrons. The van der Waals surface area contributed by atoms with E-state index in [-0.39, 0.29) is 5.91 Å². The maximum Gasteiger partial charge on any atom is 0.291 e. The van der Waals surface area contributed by atoms with Crippen molar-refractivity contribution in [1.82, 2.24) is 0 Å². The smallest absolute Gasteiger partial charge is 0.291 e. The monoisotopic (exact) mass is 230 g/mol. The zero-order valence-corrected chi connectivity index (χ0v) is 9.78. The van der Waals surface area contributed by atoms with Crippen LogP contribution in [0.25, 0.3) is 0 Å². The third-order valence-electron chi connectivity index (χ3n) is 2.47. The van der Waals surface area contributed by atoms with E-state index in [0.29, 0.717) is 22.9 Å². The van der Waals surface area contributed by atoms with Gasteiger partial charge in [0.15, 0.2) is 5.76 Å². The molecule has 1 amide bonds. The summed E-state index contributed by atoms with van der Waals surface area (Å²) in [5.41, 5.74) is 7.94. The van der Waals surface area contributed by atoms with Gasteiger partial charge < -0.3 is 15.5 Å². The second kappa shape index (κ2) is 4.33. The molecule has 1 aromatic carbocycles. The highest BCUT2D eigenvalue weighted by Gasteiger charge is 2.11. The minimum atomic E-state index is -0.271. The van der Waals surface area contributed by atoms with Gasteiger partial charge in [-0.15, -0.1) is 0 Å². The first-order valence-electron chi connectivity index (χ1n) is 5.30. The molecule has 3 N–H and O–H groups in total. The molecule has 0 aliphatic heterocycles. The number of anilines is 2. The van der Waals surface area contributed by atoms with Gasteiger partial charge in [-0.1, -0.05) is 6.07 Å². The van der Waals surface area contributed by atoms with Crippen LogP contribution in [-0.4, -0.2) is 5.91 Å². The average molecular weight is 230 g/mol. The molecule has 2 rings (SSSR count). The molecule has 0 bridgehead atoms. The van der Waals surface area contributed by atoms with Gasteiger partial charge in [0.2, 0.25) is 0 Å². The van der Waals surface area contributed by atoms with Gasteiger partial charge in [0, 0.05) is 11.4 Å². The van der Waals surface area contributed by atoms with E-state index in [1.54, 1.807) is 31.2 Å². The van der Waals surface area contributed by atoms with Gasteiger partial charge >= 0.3 is 0 Å². The number of aryl methyl sites for hydroxylation is 2. The lowest BCUT2D eigenvalue weighted by Crippen LogP contribution is -2.12. The van der Waals surface area contributed by atoms with Crippen LogP contribution in [0.1, 0.15) is 21.9 Å². The molecule has 0 atom stereocenters. The zero-order chi connectivity index (χ0) is 12.4. The number of carbonyl (C=O) groups is 1. The van der Waals surface area contributed by atoms with E-state index >= 15 is 0 Å². The lowest BCUT2D eigenvalue weighted by molar-refractivity contribution is 0.0995. The molecule has 0 aliphatic rings. The number of rotatable bonds is 2. The van der Waals surface area contributed by atoms with E-state index in [1.807, 2.05) is 13.0 Å². The summed E-state index contributed by atoms with van der Waals surface area (Å²) in [5.74, 6) is 0.732. The molecule has 0 spiro atoms. The Labute approximate surface area is 99.4 Å². The van der Waals surface area contributed by atoms with Crippen LogP contribution in [0.3, 0.4) is 0 Å². The van der Waals surface area contributed by atoms with Crippen LogP contribution in [0.4, 0.5) is 11.4 Å². The number of nitrogen functional groups attached to an aromatic ring is 1. The summed E-state index contributed by atoms with van der Waals surface area (Å²) in [7, 11) is 0. The third-order valence-corrected chi connectivity index (χ3v) is 2.47. The van der Waals surface area contributed by atoms with Crippen molar-refractivity contribution in [1.29, 1.82) is 0 Å². The van der Waals surface area contributed by atoms with Gasteiger partial charge in [-0.05, 0) is 43.7 Å². The summed E-state index contributed by atoms with van der Waals surface area (Å²) < 4.78 is 5.24. The molecule has 4 heteroatoms. The second-order valence-corrected chi connectivity index (χ2v) is 3.94. The number of carbonyl (C=O) groups excluding carboxylic acids is 1. The van der Waals surface area contributed by atoms with Crippen LogP contribution in [0, 0.1) is 13.8 Å². The largest absolute Gasteiger partial charge is 0.456 e. The molecule has 0 saturated carbocycles. The highest BCUT2D eigenvalue weighted by molar-refractivity contribution is 6.02. The topological polar surface area (TPSA) is 68.3 Å². The lowest BCUT2D eigenvalue weighted by Gasteiger charge is -2.07. The first kappa shape index (κ1) is 11.3. The Morgan fingerprint density at radius 3 is 2.65 bits per heavy atom. The van der Waals surface area contributed by atoms with Gasteiger partial charge in [0.05, 0.1) is 0 Å². The number of nitrogens with one attached hydrogen (secondary N) is 1. The van der Waals surface area contributed by atoms with Crippen LogP contribution in [-0.2, 0) is 0 Å². The summed E-state index contributed by atoms with van der Waals surface area (Å²) in [4.78, 5) is 11.8.